The number of rotatable bonds is 11. The summed E-state index contributed by atoms with van der Waals surface area (Å²) in [6.07, 6.45) is -17.7. The summed E-state index contributed by atoms with van der Waals surface area (Å²) in [6.45, 7) is 14.9. The highest BCUT2D eigenvalue weighted by molar-refractivity contribution is 5.82. The molecule has 0 aliphatic carbocycles. The van der Waals surface area contributed by atoms with E-state index in [0.29, 0.717) is 0 Å². The number of benzene rings is 1. The van der Waals surface area contributed by atoms with Gasteiger partial charge in [0, 0.05) is 32.5 Å². The van der Waals surface area contributed by atoms with E-state index in [1.54, 1.807) is 48.5 Å². The van der Waals surface area contributed by atoms with Gasteiger partial charge in [-0.1, -0.05) is 18.2 Å². The van der Waals surface area contributed by atoms with Crippen LogP contribution in [0, 0.1) is 0 Å². The lowest BCUT2D eigenvalue weighted by molar-refractivity contribution is -0.333. The van der Waals surface area contributed by atoms with Crippen molar-refractivity contribution in [1.82, 2.24) is 0 Å². The van der Waals surface area contributed by atoms with E-state index in [4.69, 9.17) is 66.3 Å². The molecule has 21 heteroatoms. The third kappa shape index (κ3) is 10.3. The monoisotopic (exact) mass is 889 g/mol. The second-order valence-corrected chi connectivity index (χ2v) is 17.3. The quantitative estimate of drug-likeness (QED) is 0.177. The van der Waals surface area contributed by atoms with Crippen molar-refractivity contribution in [2.24, 2.45) is 4.99 Å². The second kappa shape index (κ2) is 17.6. The highest BCUT2D eigenvalue weighted by Crippen LogP contribution is 2.46. The van der Waals surface area contributed by atoms with Gasteiger partial charge in [0.05, 0.1) is 18.3 Å². The molecule has 0 radical (unpaired) electrons. The second-order valence-electron chi connectivity index (χ2n) is 17.3. The van der Waals surface area contributed by atoms with Crippen molar-refractivity contribution in [2.45, 2.75) is 185 Å². The Morgan fingerprint density at radius 2 is 1.27 bits per heavy atom. The van der Waals surface area contributed by atoms with Crippen LogP contribution >= 0.6 is 0 Å². The molecule has 0 amide bonds. The fourth-order valence-corrected chi connectivity index (χ4v) is 8.60. The van der Waals surface area contributed by atoms with Crippen LogP contribution in [0.25, 0.3) is 0 Å². The number of hydrogen-bond acceptors (Lipinski definition) is 18. The van der Waals surface area contributed by atoms with Gasteiger partial charge in [0.1, 0.15) is 61.5 Å². The summed E-state index contributed by atoms with van der Waals surface area (Å²) in [5.74, 6) is -5.47. The lowest BCUT2D eigenvalue weighted by Crippen LogP contribution is -2.64. The van der Waals surface area contributed by atoms with Crippen molar-refractivity contribution in [2.75, 3.05) is 13.2 Å². The Morgan fingerprint density at radius 3 is 1.94 bits per heavy atom. The van der Waals surface area contributed by atoms with Crippen LogP contribution in [0.3, 0.4) is 0 Å². The third-order valence-electron chi connectivity index (χ3n) is 10.9. The van der Waals surface area contributed by atoms with Gasteiger partial charge in [-0.15, -0.1) is 0 Å². The predicted octanol–water partition coefficient (Wildman–Crippen LogP) is 3.71. The maximum absolute atomic E-state index is 14.1. The molecule has 15 atom stereocenters. The van der Waals surface area contributed by atoms with E-state index in [9.17, 15) is 27.6 Å². The summed E-state index contributed by atoms with van der Waals surface area (Å²) in [7, 11) is 0. The molecule has 6 aliphatic rings. The molecule has 1 aromatic carbocycles. The fourth-order valence-electron chi connectivity index (χ4n) is 8.60. The Kier molecular flexibility index (Phi) is 13.2. The number of carbonyl (C=O) groups excluding carboxylic acids is 3. The van der Waals surface area contributed by atoms with Gasteiger partial charge >= 0.3 is 24.1 Å². The van der Waals surface area contributed by atoms with Crippen LogP contribution in [0.4, 0.5) is 13.2 Å². The predicted molar refractivity (Wildman–Crippen MR) is 201 cm³/mol. The van der Waals surface area contributed by atoms with Gasteiger partial charge in [-0.2, -0.15) is 13.2 Å². The first-order chi connectivity index (χ1) is 28.9. The molecule has 6 aliphatic heterocycles. The van der Waals surface area contributed by atoms with Crippen molar-refractivity contribution in [1.29, 1.82) is 0 Å². The van der Waals surface area contributed by atoms with Crippen LogP contribution in [0.15, 0.2) is 29.3 Å². The minimum Gasteiger partial charge on any atom is -0.463 e. The Bertz CT molecular complexity index is 1840. The van der Waals surface area contributed by atoms with Gasteiger partial charge in [-0.05, 0) is 54.5 Å². The zero-order valence-corrected chi connectivity index (χ0v) is 36.0. The molecule has 0 bridgehead atoms. The number of aliphatic imine (C=N–C) groups is 1. The molecule has 0 unspecified atom stereocenters. The number of fused-ring (bicyclic) bond motifs is 4. The molecule has 18 nitrogen and oxygen atoms in total. The van der Waals surface area contributed by atoms with Crippen molar-refractivity contribution in [3.63, 3.8) is 0 Å². The number of nitrogens with zero attached hydrogens (tertiary/aromatic N) is 1. The first-order valence-corrected chi connectivity index (χ1v) is 20.4. The lowest BCUT2D eigenvalue weighted by atomic mass is 9.95. The van der Waals surface area contributed by atoms with Gasteiger partial charge < -0.3 is 66.3 Å². The topological polar surface area (TPSA) is 193 Å². The average Bonchev–Trinajstić information content (AvgIpc) is 3.78. The highest BCUT2D eigenvalue weighted by Gasteiger charge is 2.62. The molecule has 6 saturated heterocycles. The van der Waals surface area contributed by atoms with E-state index >= 15 is 0 Å². The molecule has 0 saturated carbocycles. The molecule has 0 N–H and O–H groups in total. The minimum absolute atomic E-state index is 0.0646. The molecular formula is C41H54F3NO17. The molecular weight excluding hydrogens is 835 g/mol. The number of carbonyl (C=O) groups is 3. The van der Waals surface area contributed by atoms with Crippen LogP contribution in [-0.2, 0) is 86.9 Å². The van der Waals surface area contributed by atoms with E-state index in [2.05, 4.69) is 4.99 Å². The molecule has 6 fully saturated rings. The Hall–Kier alpha value is -3.35. The average molecular weight is 890 g/mol. The number of ether oxygens (including phenoxy) is 14. The highest BCUT2D eigenvalue weighted by atomic mass is 19.4. The summed E-state index contributed by atoms with van der Waals surface area (Å²) in [4.78, 5) is 41.5. The summed E-state index contributed by atoms with van der Waals surface area (Å²) in [5, 5.41) is 0. The zero-order valence-electron chi connectivity index (χ0n) is 36.0. The maximum Gasteiger partial charge on any atom is 0.417 e. The number of hydrogen-bond donors (Lipinski definition) is 0. The standard InChI is InChI=1S/C41H54F3NO17/c1-18-27(31-33(60-39(7,8)58-31)36(51-18)50-17-25-29-32(59-38(5,6)57-29)34-37(55-25)62-40(9,10)61-34)56-35-26(45-15-22-13-11-12-14-23(22)41(42,43)44)30(53-21(4)48)28(52-20(3)47)24(54-35)16-49-19(2)46/h11-15,18,24-37H,16-17H2,1-10H3/t18-,24+,25+,26+,27-,28+,29-,30+,31+,32-,33+,34+,35+,36+,37+/m0/s1. The van der Waals surface area contributed by atoms with Crippen molar-refractivity contribution in [3.05, 3.63) is 35.4 Å². The van der Waals surface area contributed by atoms with E-state index in [0.717, 1.165) is 33.1 Å². The normalized spacial score (nSPS) is 39.4. The van der Waals surface area contributed by atoms with Crippen LogP contribution in [0.5, 0.6) is 0 Å². The molecule has 0 aromatic heterocycles. The van der Waals surface area contributed by atoms with E-state index < -0.39 is 146 Å². The van der Waals surface area contributed by atoms with E-state index in [1.807, 2.05) is 0 Å². The maximum atomic E-state index is 14.1. The van der Waals surface area contributed by atoms with Gasteiger partial charge in [0.25, 0.3) is 0 Å². The molecule has 346 valence electrons. The lowest BCUT2D eigenvalue weighted by Gasteiger charge is -2.47. The van der Waals surface area contributed by atoms with E-state index in [1.165, 1.54) is 18.2 Å². The first kappa shape index (κ1) is 46.6. The molecule has 7 rings (SSSR count). The van der Waals surface area contributed by atoms with Crippen LogP contribution in [0.2, 0.25) is 0 Å². The van der Waals surface area contributed by atoms with Gasteiger partial charge in [0.15, 0.2) is 48.4 Å². The summed E-state index contributed by atoms with van der Waals surface area (Å²) >= 11 is 0. The number of halogens is 3. The van der Waals surface area contributed by atoms with Crippen molar-refractivity contribution < 1.29 is 93.9 Å². The summed E-state index contributed by atoms with van der Waals surface area (Å²) < 4.78 is 128. The molecule has 0 spiro atoms. The smallest absolute Gasteiger partial charge is 0.417 e. The van der Waals surface area contributed by atoms with Crippen LogP contribution in [0.1, 0.15) is 80.4 Å². The third-order valence-corrected chi connectivity index (χ3v) is 10.9. The largest absolute Gasteiger partial charge is 0.463 e. The Morgan fingerprint density at radius 1 is 0.677 bits per heavy atom. The Labute approximate surface area is 356 Å². The zero-order chi connectivity index (χ0) is 45.1. The fraction of sp³-hybridized carbons (Fsp3) is 0.756. The van der Waals surface area contributed by atoms with Gasteiger partial charge in [-0.3, -0.25) is 19.4 Å². The Balaban J connectivity index is 1.17. The summed E-state index contributed by atoms with van der Waals surface area (Å²) in [5.41, 5.74) is -1.32. The van der Waals surface area contributed by atoms with Gasteiger partial charge in [0.2, 0.25) is 0 Å². The van der Waals surface area contributed by atoms with Crippen LogP contribution < -0.4 is 0 Å². The van der Waals surface area contributed by atoms with Crippen molar-refractivity contribution >= 4 is 24.1 Å². The number of esters is 3. The summed E-state index contributed by atoms with van der Waals surface area (Å²) in [6, 6.07) is 3.21. The minimum atomic E-state index is -4.75. The van der Waals surface area contributed by atoms with Crippen molar-refractivity contribution in [3.8, 4) is 0 Å². The molecule has 1 aromatic rings. The molecule has 62 heavy (non-hydrogen) atoms. The van der Waals surface area contributed by atoms with E-state index in [-0.39, 0.29) is 12.2 Å². The first-order valence-electron chi connectivity index (χ1n) is 20.4. The number of alkyl halides is 3. The molecule has 6 heterocycles. The van der Waals surface area contributed by atoms with Gasteiger partial charge in [-0.25, -0.2) is 0 Å². The van der Waals surface area contributed by atoms with Crippen LogP contribution in [-0.4, -0.2) is 147 Å². The SMILES string of the molecule is CC(=O)OC[C@H]1O[C@H](O[C@@H]2[C@H]3OC(C)(C)O[C@H]3[C@H](OC[C@H]3O[C@@H]4OC(C)(C)O[C@@H]4[C@H]4OC(C)(C)O[C@H]43)O[C@H]2C)[C@H](N=Cc2ccccc2C(F)(F)F)[C@@H](OC(C)=O)[C@@H]1OC(C)=O.